The second-order valence-electron chi connectivity index (χ2n) is 9.40. The highest BCUT2D eigenvalue weighted by Crippen LogP contribution is 2.40. The van der Waals surface area contributed by atoms with Crippen LogP contribution in [0.4, 0.5) is 5.69 Å². The molecule has 5 rings (SSSR count). The number of anilines is 1. The predicted octanol–water partition coefficient (Wildman–Crippen LogP) is 3.11. The molecule has 2 aliphatic rings. The summed E-state index contributed by atoms with van der Waals surface area (Å²) in [5.74, 6) is 0.474. The zero-order valence-electron chi connectivity index (χ0n) is 20.2. The average molecular weight is 461 g/mol. The van der Waals surface area contributed by atoms with Gasteiger partial charge >= 0.3 is 0 Å². The van der Waals surface area contributed by atoms with E-state index >= 15 is 0 Å². The van der Waals surface area contributed by atoms with E-state index < -0.39 is 0 Å². The van der Waals surface area contributed by atoms with E-state index in [0.717, 1.165) is 52.9 Å². The fraction of sp³-hybridized carbons (Fsp3) is 0.462. The Bertz CT molecular complexity index is 1240. The SMILES string of the molecule is CCc1ccccc1NC(=O)CN1CCN(C(=O)c2cc(C3CC3)nc3c2c(C)nn3C)CC1. The molecule has 0 spiro atoms. The standard InChI is InChI=1S/C26H32N6O2/c1-4-18-7-5-6-8-21(18)27-23(33)16-31-11-13-32(14-12-31)26(34)20-15-22(19-9-10-19)28-25-24(20)17(2)29-30(25)3/h5-8,15,19H,4,9-14,16H2,1-3H3,(H,27,33). The number of piperazine rings is 1. The molecular formula is C26H32N6O2. The molecule has 0 bridgehead atoms. The van der Waals surface area contributed by atoms with Crippen molar-refractivity contribution in [1.29, 1.82) is 0 Å². The summed E-state index contributed by atoms with van der Waals surface area (Å²) in [5, 5.41) is 8.42. The maximum Gasteiger partial charge on any atom is 0.254 e. The number of aryl methyl sites for hydroxylation is 3. The number of pyridine rings is 1. The molecule has 1 saturated heterocycles. The highest BCUT2D eigenvalue weighted by molar-refractivity contribution is 6.06. The second kappa shape index (κ2) is 9.18. The van der Waals surface area contributed by atoms with Crippen LogP contribution in [0.1, 0.15) is 53.0 Å². The van der Waals surface area contributed by atoms with Gasteiger partial charge in [-0.3, -0.25) is 19.2 Å². The Kier molecular flexibility index (Phi) is 6.08. The first kappa shape index (κ1) is 22.5. The van der Waals surface area contributed by atoms with Gasteiger partial charge in [0.05, 0.1) is 23.2 Å². The fourth-order valence-electron chi connectivity index (χ4n) is 4.84. The van der Waals surface area contributed by atoms with Gasteiger partial charge in [0.15, 0.2) is 5.65 Å². The van der Waals surface area contributed by atoms with Crippen molar-refractivity contribution in [2.24, 2.45) is 7.05 Å². The van der Waals surface area contributed by atoms with Crippen molar-refractivity contribution >= 4 is 28.5 Å². The molecule has 2 amide bonds. The maximum atomic E-state index is 13.6. The predicted molar refractivity (Wildman–Crippen MR) is 132 cm³/mol. The van der Waals surface area contributed by atoms with Gasteiger partial charge in [0, 0.05) is 50.5 Å². The van der Waals surface area contributed by atoms with E-state index in [1.807, 2.05) is 49.2 Å². The van der Waals surface area contributed by atoms with Crippen LogP contribution in [-0.4, -0.2) is 69.1 Å². The number of fused-ring (bicyclic) bond motifs is 1. The summed E-state index contributed by atoms with van der Waals surface area (Å²) in [6.45, 7) is 6.88. The summed E-state index contributed by atoms with van der Waals surface area (Å²) in [4.78, 5) is 35.0. The number of rotatable bonds is 6. The van der Waals surface area contributed by atoms with E-state index in [0.29, 0.717) is 44.2 Å². The summed E-state index contributed by atoms with van der Waals surface area (Å²) in [5.41, 5.74) is 5.34. The van der Waals surface area contributed by atoms with Crippen LogP contribution < -0.4 is 5.32 Å². The molecule has 8 nitrogen and oxygen atoms in total. The molecular weight excluding hydrogens is 428 g/mol. The molecule has 3 heterocycles. The van der Waals surface area contributed by atoms with E-state index in [9.17, 15) is 9.59 Å². The molecule has 3 aromatic rings. The number of benzene rings is 1. The van der Waals surface area contributed by atoms with Gasteiger partial charge in [0.2, 0.25) is 5.91 Å². The van der Waals surface area contributed by atoms with Crippen molar-refractivity contribution in [2.75, 3.05) is 38.0 Å². The number of nitrogens with one attached hydrogen (secondary N) is 1. The van der Waals surface area contributed by atoms with Gasteiger partial charge in [0.25, 0.3) is 5.91 Å². The number of hydrogen-bond acceptors (Lipinski definition) is 5. The van der Waals surface area contributed by atoms with Crippen LogP contribution in [0.15, 0.2) is 30.3 Å². The molecule has 1 aliphatic carbocycles. The van der Waals surface area contributed by atoms with Gasteiger partial charge in [-0.05, 0) is 43.9 Å². The third kappa shape index (κ3) is 4.42. The van der Waals surface area contributed by atoms with Crippen molar-refractivity contribution < 1.29 is 9.59 Å². The first-order chi connectivity index (χ1) is 16.4. The van der Waals surface area contributed by atoms with E-state index in [2.05, 4.69) is 22.2 Å². The molecule has 2 fully saturated rings. The molecule has 8 heteroatoms. The Morgan fingerprint density at radius 1 is 1.12 bits per heavy atom. The molecule has 34 heavy (non-hydrogen) atoms. The van der Waals surface area contributed by atoms with Crippen molar-refractivity contribution in [3.8, 4) is 0 Å². The van der Waals surface area contributed by atoms with Gasteiger partial charge in [-0.1, -0.05) is 25.1 Å². The molecule has 1 aliphatic heterocycles. The Labute approximate surface area is 199 Å². The first-order valence-electron chi connectivity index (χ1n) is 12.2. The molecule has 2 aromatic heterocycles. The summed E-state index contributed by atoms with van der Waals surface area (Å²) in [7, 11) is 1.88. The number of carbonyl (C=O) groups excluding carboxylic acids is 2. The smallest absolute Gasteiger partial charge is 0.254 e. The van der Waals surface area contributed by atoms with E-state index in [4.69, 9.17) is 4.98 Å². The summed E-state index contributed by atoms with van der Waals surface area (Å²) < 4.78 is 1.78. The molecule has 0 atom stereocenters. The Balaban J connectivity index is 1.25. The number of nitrogens with zero attached hydrogens (tertiary/aromatic N) is 5. The number of hydrogen-bond donors (Lipinski definition) is 1. The Morgan fingerprint density at radius 2 is 1.85 bits per heavy atom. The lowest BCUT2D eigenvalue weighted by molar-refractivity contribution is -0.117. The van der Waals surface area contributed by atoms with Gasteiger partial charge in [-0.2, -0.15) is 5.10 Å². The van der Waals surface area contributed by atoms with Crippen molar-refractivity contribution in [3.63, 3.8) is 0 Å². The monoisotopic (exact) mass is 460 g/mol. The van der Waals surface area contributed by atoms with Crippen LogP contribution in [0, 0.1) is 6.92 Å². The molecule has 0 unspecified atom stereocenters. The highest BCUT2D eigenvalue weighted by atomic mass is 16.2. The van der Waals surface area contributed by atoms with Crippen LogP contribution in [0.25, 0.3) is 11.0 Å². The number of aromatic nitrogens is 3. The Hall–Kier alpha value is -3.26. The second-order valence-corrected chi connectivity index (χ2v) is 9.40. The lowest BCUT2D eigenvalue weighted by Crippen LogP contribution is -2.50. The van der Waals surface area contributed by atoms with Gasteiger partial charge in [-0.25, -0.2) is 4.98 Å². The van der Waals surface area contributed by atoms with Crippen LogP contribution in [0.2, 0.25) is 0 Å². The van der Waals surface area contributed by atoms with Crippen LogP contribution in [0.5, 0.6) is 0 Å². The van der Waals surface area contributed by atoms with Crippen molar-refractivity contribution in [1.82, 2.24) is 24.6 Å². The topological polar surface area (TPSA) is 83.4 Å². The van der Waals surface area contributed by atoms with Crippen molar-refractivity contribution in [3.05, 3.63) is 52.8 Å². The van der Waals surface area contributed by atoms with Crippen molar-refractivity contribution in [2.45, 2.75) is 39.0 Å². The van der Waals surface area contributed by atoms with E-state index in [1.165, 1.54) is 0 Å². The third-order valence-electron chi connectivity index (χ3n) is 6.91. The van der Waals surface area contributed by atoms with E-state index in [-0.39, 0.29) is 11.8 Å². The largest absolute Gasteiger partial charge is 0.336 e. The number of carbonyl (C=O) groups is 2. The molecule has 1 saturated carbocycles. The summed E-state index contributed by atoms with van der Waals surface area (Å²) in [6.07, 6.45) is 3.14. The molecule has 178 valence electrons. The number of amides is 2. The normalized spacial score (nSPS) is 16.7. The van der Waals surface area contributed by atoms with Crippen LogP contribution >= 0.6 is 0 Å². The Morgan fingerprint density at radius 3 is 2.56 bits per heavy atom. The lowest BCUT2D eigenvalue weighted by Gasteiger charge is -2.34. The molecule has 0 radical (unpaired) electrons. The average Bonchev–Trinajstić information content (AvgIpc) is 3.65. The third-order valence-corrected chi connectivity index (χ3v) is 6.91. The zero-order chi connectivity index (χ0) is 23.8. The first-order valence-corrected chi connectivity index (χ1v) is 12.2. The summed E-state index contributed by atoms with van der Waals surface area (Å²) >= 11 is 0. The quantitative estimate of drug-likeness (QED) is 0.611. The maximum absolute atomic E-state index is 13.6. The summed E-state index contributed by atoms with van der Waals surface area (Å²) in [6, 6.07) is 9.89. The molecule has 1 aromatic carbocycles. The lowest BCUT2D eigenvalue weighted by atomic mass is 10.1. The van der Waals surface area contributed by atoms with Gasteiger partial charge in [0.1, 0.15) is 0 Å². The minimum Gasteiger partial charge on any atom is -0.336 e. The minimum absolute atomic E-state index is 0.0171. The zero-order valence-corrected chi connectivity index (χ0v) is 20.2. The van der Waals surface area contributed by atoms with Gasteiger partial charge < -0.3 is 10.2 Å². The minimum atomic E-state index is -0.0171. The van der Waals surface area contributed by atoms with Gasteiger partial charge in [-0.15, -0.1) is 0 Å². The highest BCUT2D eigenvalue weighted by Gasteiger charge is 2.31. The van der Waals surface area contributed by atoms with E-state index in [1.54, 1.807) is 4.68 Å². The van der Waals surface area contributed by atoms with Crippen LogP contribution in [-0.2, 0) is 18.3 Å². The molecule has 1 N–H and O–H groups in total. The van der Waals surface area contributed by atoms with Crippen LogP contribution in [0.3, 0.4) is 0 Å². The number of para-hydroxylation sites is 1. The fourth-order valence-corrected chi connectivity index (χ4v) is 4.84.